The maximum atomic E-state index is 13.1. The standard InChI is InChI=1S/C21H22N6O3/c1-23-21-25-14-9-12(4-6-17(14)30-21)13-5-7-18-24-10-16(27(18)11-13)20(29)26-8-2-3-15(26)19(22)28/h4-7,9-11,15,21,23,25H,2-3,8H2,1H3,(H2,22,28). The maximum absolute atomic E-state index is 13.1. The second-order valence-electron chi connectivity index (χ2n) is 7.49. The Labute approximate surface area is 172 Å². The minimum Gasteiger partial charge on any atom is -0.455 e. The van der Waals surface area contributed by atoms with Gasteiger partial charge in [-0.15, -0.1) is 0 Å². The highest BCUT2D eigenvalue weighted by Crippen LogP contribution is 2.35. The molecule has 2 amide bonds. The molecule has 1 fully saturated rings. The van der Waals surface area contributed by atoms with Crippen LogP contribution in [-0.4, -0.2) is 52.1 Å². The smallest absolute Gasteiger partial charge is 0.273 e. The van der Waals surface area contributed by atoms with E-state index in [0.717, 1.165) is 29.0 Å². The van der Waals surface area contributed by atoms with Crippen LogP contribution in [0.1, 0.15) is 23.3 Å². The Hall–Kier alpha value is -3.59. The summed E-state index contributed by atoms with van der Waals surface area (Å²) in [6, 6.07) is 9.17. The van der Waals surface area contributed by atoms with Gasteiger partial charge in [-0.05, 0) is 55.3 Å². The second-order valence-corrected chi connectivity index (χ2v) is 7.49. The van der Waals surface area contributed by atoms with Crippen LogP contribution in [-0.2, 0) is 4.79 Å². The van der Waals surface area contributed by atoms with Crippen molar-refractivity contribution in [1.82, 2.24) is 19.6 Å². The molecule has 2 unspecified atom stereocenters. The average molecular weight is 406 g/mol. The normalized spacial score (nSPS) is 20.1. The highest BCUT2D eigenvalue weighted by atomic mass is 16.5. The van der Waals surface area contributed by atoms with Crippen LogP contribution in [0, 0.1) is 0 Å². The number of hydrogen-bond acceptors (Lipinski definition) is 6. The summed E-state index contributed by atoms with van der Waals surface area (Å²) >= 11 is 0. The molecule has 154 valence electrons. The number of benzene rings is 1. The first-order valence-corrected chi connectivity index (χ1v) is 9.87. The molecule has 0 radical (unpaired) electrons. The molecule has 0 bridgehead atoms. The number of amides is 2. The van der Waals surface area contributed by atoms with Gasteiger partial charge in [-0.1, -0.05) is 6.07 Å². The number of primary amides is 1. The predicted octanol–water partition coefficient (Wildman–Crippen LogP) is 1.40. The molecule has 0 aliphatic carbocycles. The average Bonchev–Trinajstić information content (AvgIpc) is 3.49. The Balaban J connectivity index is 1.50. The van der Waals surface area contributed by atoms with Crippen molar-refractivity contribution in [2.75, 3.05) is 18.9 Å². The van der Waals surface area contributed by atoms with Crippen molar-refractivity contribution in [3.63, 3.8) is 0 Å². The first kappa shape index (κ1) is 18.4. The fraction of sp³-hybridized carbons (Fsp3) is 0.286. The first-order valence-electron chi connectivity index (χ1n) is 9.87. The number of imidazole rings is 1. The number of carbonyl (C=O) groups is 2. The number of hydrogen-bond donors (Lipinski definition) is 3. The molecule has 1 aromatic carbocycles. The number of nitrogens with one attached hydrogen (secondary N) is 2. The summed E-state index contributed by atoms with van der Waals surface area (Å²) in [6.45, 7) is 0.516. The van der Waals surface area contributed by atoms with Crippen LogP contribution in [0.3, 0.4) is 0 Å². The molecule has 2 aromatic heterocycles. The summed E-state index contributed by atoms with van der Waals surface area (Å²) < 4.78 is 7.48. The summed E-state index contributed by atoms with van der Waals surface area (Å²) in [7, 11) is 1.82. The van der Waals surface area contributed by atoms with E-state index in [0.29, 0.717) is 24.3 Å². The quantitative estimate of drug-likeness (QED) is 0.604. The van der Waals surface area contributed by atoms with E-state index in [1.807, 2.05) is 43.6 Å². The molecule has 30 heavy (non-hydrogen) atoms. The van der Waals surface area contributed by atoms with Crippen molar-refractivity contribution in [2.45, 2.75) is 25.2 Å². The van der Waals surface area contributed by atoms with E-state index in [4.69, 9.17) is 10.5 Å². The predicted molar refractivity (Wildman–Crippen MR) is 111 cm³/mol. The Bertz CT molecular complexity index is 1160. The molecular weight excluding hydrogens is 384 g/mol. The number of ether oxygens (including phenoxy) is 1. The molecule has 5 rings (SSSR count). The molecule has 9 nitrogen and oxygen atoms in total. The lowest BCUT2D eigenvalue weighted by atomic mass is 10.1. The van der Waals surface area contributed by atoms with E-state index in [1.165, 1.54) is 0 Å². The van der Waals surface area contributed by atoms with E-state index >= 15 is 0 Å². The van der Waals surface area contributed by atoms with Crippen LogP contribution in [0.5, 0.6) is 5.75 Å². The van der Waals surface area contributed by atoms with E-state index in [9.17, 15) is 9.59 Å². The summed E-state index contributed by atoms with van der Waals surface area (Å²) in [5, 5.41) is 6.28. The highest BCUT2D eigenvalue weighted by molar-refractivity contribution is 5.97. The molecule has 1 saturated heterocycles. The minimum atomic E-state index is -0.561. The van der Waals surface area contributed by atoms with Gasteiger partial charge in [0.25, 0.3) is 5.91 Å². The van der Waals surface area contributed by atoms with Crippen molar-refractivity contribution in [3.8, 4) is 16.9 Å². The van der Waals surface area contributed by atoms with Gasteiger partial charge in [-0.2, -0.15) is 0 Å². The Morgan fingerprint density at radius 1 is 1.27 bits per heavy atom. The fourth-order valence-corrected chi connectivity index (χ4v) is 4.12. The minimum absolute atomic E-state index is 0.234. The Morgan fingerprint density at radius 2 is 2.10 bits per heavy atom. The number of pyridine rings is 1. The van der Waals surface area contributed by atoms with Crippen molar-refractivity contribution >= 4 is 23.1 Å². The van der Waals surface area contributed by atoms with Crippen LogP contribution in [0.15, 0.2) is 42.7 Å². The summed E-state index contributed by atoms with van der Waals surface area (Å²) in [5.41, 5.74) is 9.36. The number of anilines is 1. The molecule has 0 saturated carbocycles. The van der Waals surface area contributed by atoms with Gasteiger partial charge in [-0.3, -0.25) is 19.3 Å². The number of nitrogens with zero attached hydrogens (tertiary/aromatic N) is 3. The Kier molecular flexibility index (Phi) is 4.32. The molecule has 2 aliphatic heterocycles. The van der Waals surface area contributed by atoms with Crippen molar-refractivity contribution in [1.29, 1.82) is 0 Å². The lowest BCUT2D eigenvalue weighted by Crippen LogP contribution is -2.44. The third-order valence-corrected chi connectivity index (χ3v) is 5.67. The van der Waals surface area contributed by atoms with E-state index in [-0.39, 0.29) is 12.3 Å². The van der Waals surface area contributed by atoms with Gasteiger partial charge < -0.3 is 20.7 Å². The van der Waals surface area contributed by atoms with Gasteiger partial charge in [0.15, 0.2) is 0 Å². The molecule has 9 heteroatoms. The van der Waals surface area contributed by atoms with Crippen LogP contribution in [0.4, 0.5) is 5.69 Å². The molecule has 2 atom stereocenters. The lowest BCUT2D eigenvalue weighted by Gasteiger charge is -2.21. The van der Waals surface area contributed by atoms with Gasteiger partial charge >= 0.3 is 0 Å². The van der Waals surface area contributed by atoms with Crippen LogP contribution in [0.25, 0.3) is 16.8 Å². The molecular formula is C21H22N6O3. The summed E-state index contributed by atoms with van der Waals surface area (Å²) in [5.74, 6) is 0.0779. The van der Waals surface area contributed by atoms with Crippen molar-refractivity contribution in [2.24, 2.45) is 5.73 Å². The second kappa shape index (κ2) is 7.03. The lowest BCUT2D eigenvalue weighted by molar-refractivity contribution is -0.121. The molecule has 4 heterocycles. The zero-order valence-corrected chi connectivity index (χ0v) is 16.5. The van der Waals surface area contributed by atoms with Gasteiger partial charge in [-0.25, -0.2) is 4.98 Å². The number of carbonyl (C=O) groups excluding carboxylic acids is 2. The molecule has 3 aromatic rings. The van der Waals surface area contributed by atoms with E-state index in [2.05, 4.69) is 15.6 Å². The van der Waals surface area contributed by atoms with Gasteiger partial charge in [0.2, 0.25) is 12.3 Å². The molecule has 0 spiro atoms. The summed E-state index contributed by atoms with van der Waals surface area (Å²) in [4.78, 5) is 30.7. The monoisotopic (exact) mass is 406 g/mol. The van der Waals surface area contributed by atoms with Gasteiger partial charge in [0.1, 0.15) is 23.1 Å². The maximum Gasteiger partial charge on any atom is 0.273 e. The van der Waals surface area contributed by atoms with Crippen LogP contribution < -0.4 is 21.1 Å². The van der Waals surface area contributed by atoms with Crippen LogP contribution >= 0.6 is 0 Å². The number of likely N-dealkylation sites (tertiary alicyclic amines) is 1. The van der Waals surface area contributed by atoms with E-state index in [1.54, 1.807) is 15.5 Å². The summed E-state index contributed by atoms with van der Waals surface area (Å²) in [6.07, 6.45) is 4.54. The third kappa shape index (κ3) is 2.94. The topological polar surface area (TPSA) is 114 Å². The first-order chi connectivity index (χ1) is 14.5. The van der Waals surface area contributed by atoms with Crippen molar-refractivity contribution < 1.29 is 14.3 Å². The number of rotatable bonds is 4. The number of aromatic nitrogens is 2. The largest absolute Gasteiger partial charge is 0.455 e. The highest BCUT2D eigenvalue weighted by Gasteiger charge is 2.34. The van der Waals surface area contributed by atoms with Crippen LogP contribution in [0.2, 0.25) is 0 Å². The van der Waals surface area contributed by atoms with Crippen molar-refractivity contribution in [3.05, 3.63) is 48.4 Å². The molecule has 2 aliphatic rings. The third-order valence-electron chi connectivity index (χ3n) is 5.67. The van der Waals surface area contributed by atoms with Gasteiger partial charge in [0, 0.05) is 12.7 Å². The molecule has 4 N–H and O–H groups in total. The SMILES string of the molecule is CNC1Nc2cc(-c3ccc4ncc(C(=O)N5CCCC5C(N)=O)n4c3)ccc2O1. The number of nitrogens with two attached hydrogens (primary N) is 1. The van der Waals surface area contributed by atoms with E-state index < -0.39 is 11.9 Å². The fourth-order valence-electron chi connectivity index (χ4n) is 4.12. The number of fused-ring (bicyclic) bond motifs is 2. The van der Waals surface area contributed by atoms with Gasteiger partial charge in [0.05, 0.1) is 11.9 Å². The zero-order valence-electron chi connectivity index (χ0n) is 16.5. The zero-order chi connectivity index (χ0) is 20.8. The Morgan fingerprint density at radius 3 is 2.90 bits per heavy atom.